The number of carbonyl (C=O) groups is 3. The van der Waals surface area contributed by atoms with Crippen LogP contribution in [-0.2, 0) is 23.5 Å². The zero-order chi connectivity index (χ0) is 39.3. The van der Waals surface area contributed by atoms with Crippen LogP contribution in [0.1, 0.15) is 76.1 Å². The highest BCUT2D eigenvalue weighted by Crippen LogP contribution is 2.44. The molecule has 0 saturated carbocycles. The van der Waals surface area contributed by atoms with E-state index in [0.717, 1.165) is 22.3 Å². The molecule has 0 heterocycles. The van der Waals surface area contributed by atoms with Gasteiger partial charge in [0.15, 0.2) is 20.2 Å². The first-order valence-corrected chi connectivity index (χ1v) is 20.9. The third kappa shape index (κ3) is 10.2. The van der Waals surface area contributed by atoms with Crippen LogP contribution in [0.4, 0.5) is 13.2 Å². The highest BCUT2D eigenvalue weighted by atomic mass is 28.4. The van der Waals surface area contributed by atoms with E-state index in [1.165, 1.54) is 21.0 Å². The molecular formula is C41H52F3NO7Si. The lowest BCUT2D eigenvalue weighted by atomic mass is 9.83. The molecule has 0 saturated heterocycles. The molecule has 2 N–H and O–H groups in total. The number of ether oxygens (including phenoxy) is 2. The highest BCUT2D eigenvalue weighted by molar-refractivity contribution is 6.74. The van der Waals surface area contributed by atoms with Crippen LogP contribution in [0.3, 0.4) is 0 Å². The summed E-state index contributed by atoms with van der Waals surface area (Å²) in [5, 5.41) is 12.7. The van der Waals surface area contributed by atoms with Crippen molar-refractivity contribution in [3.05, 3.63) is 89.5 Å². The van der Waals surface area contributed by atoms with Gasteiger partial charge in [0.1, 0.15) is 18.4 Å². The smallest absolute Gasteiger partial charge is 0.414 e. The topological polar surface area (TPSA) is 111 Å². The van der Waals surface area contributed by atoms with Gasteiger partial charge in [0.2, 0.25) is 5.91 Å². The van der Waals surface area contributed by atoms with Crippen molar-refractivity contribution < 1.29 is 46.6 Å². The van der Waals surface area contributed by atoms with Gasteiger partial charge in [-0.25, -0.2) is 0 Å². The molecule has 1 amide bonds. The van der Waals surface area contributed by atoms with E-state index < -0.39 is 68.5 Å². The van der Waals surface area contributed by atoms with E-state index in [0.29, 0.717) is 11.3 Å². The van der Waals surface area contributed by atoms with Crippen molar-refractivity contribution in [1.29, 1.82) is 0 Å². The molecule has 0 radical (unpaired) electrons. The molecule has 0 bridgehead atoms. The van der Waals surface area contributed by atoms with Crippen LogP contribution in [0, 0.1) is 17.8 Å². The molecule has 0 aliphatic heterocycles. The number of hydrogen-bond acceptors (Lipinski definition) is 7. The van der Waals surface area contributed by atoms with Gasteiger partial charge < -0.3 is 24.3 Å². The predicted octanol–water partition coefficient (Wildman–Crippen LogP) is 8.39. The fourth-order valence-corrected chi connectivity index (χ4v) is 7.39. The number of benzene rings is 3. The Morgan fingerprint density at radius 1 is 0.868 bits per heavy atom. The van der Waals surface area contributed by atoms with Crippen molar-refractivity contribution in [2.45, 2.75) is 89.8 Å². The second-order valence-electron chi connectivity index (χ2n) is 15.7. The third-order valence-electron chi connectivity index (χ3n) is 10.7. The lowest BCUT2D eigenvalue weighted by Gasteiger charge is -2.37. The van der Waals surface area contributed by atoms with E-state index >= 15 is 0 Å². The summed E-state index contributed by atoms with van der Waals surface area (Å²) in [6, 6.07) is 20.7. The van der Waals surface area contributed by atoms with Crippen molar-refractivity contribution in [2.75, 3.05) is 20.3 Å². The largest absolute Gasteiger partial charge is 0.497 e. The van der Waals surface area contributed by atoms with Crippen molar-refractivity contribution in [1.82, 2.24) is 5.32 Å². The van der Waals surface area contributed by atoms with Crippen molar-refractivity contribution in [2.24, 2.45) is 17.8 Å². The number of nitrogens with one attached hydrogen (secondary N) is 1. The van der Waals surface area contributed by atoms with Gasteiger partial charge in [-0.1, -0.05) is 95.3 Å². The molecule has 0 aromatic heterocycles. The number of halogens is 3. The molecule has 4 atom stereocenters. The van der Waals surface area contributed by atoms with Gasteiger partial charge in [0, 0.05) is 24.9 Å². The average molecular weight is 756 g/mol. The lowest BCUT2D eigenvalue weighted by Crippen LogP contribution is -2.46. The van der Waals surface area contributed by atoms with Crippen LogP contribution in [-0.4, -0.2) is 63.7 Å². The Balaban J connectivity index is 1.59. The minimum Gasteiger partial charge on any atom is -0.497 e. The molecule has 3 aromatic carbocycles. The van der Waals surface area contributed by atoms with E-state index in [2.05, 4.69) is 5.32 Å². The van der Waals surface area contributed by atoms with Gasteiger partial charge in [-0.15, -0.1) is 0 Å². The van der Waals surface area contributed by atoms with E-state index in [-0.39, 0.29) is 30.6 Å². The number of aliphatic hydroxyl groups is 1. The van der Waals surface area contributed by atoms with Gasteiger partial charge in [0.25, 0.3) is 0 Å². The number of alkyl halides is 3. The first-order chi connectivity index (χ1) is 24.7. The fourth-order valence-electron chi connectivity index (χ4n) is 6.34. The van der Waals surface area contributed by atoms with Crippen LogP contribution >= 0.6 is 0 Å². The van der Waals surface area contributed by atoms with Crippen molar-refractivity contribution >= 4 is 26.0 Å². The Hall–Kier alpha value is -4.00. The molecule has 12 heteroatoms. The maximum absolute atomic E-state index is 14.2. The summed E-state index contributed by atoms with van der Waals surface area (Å²) in [6.07, 6.45) is -8.70. The summed E-state index contributed by atoms with van der Waals surface area (Å²) in [4.78, 5) is 41.6. The molecule has 1 aliphatic rings. The predicted molar refractivity (Wildman–Crippen MR) is 200 cm³/mol. The van der Waals surface area contributed by atoms with Gasteiger partial charge in [-0.2, -0.15) is 13.2 Å². The summed E-state index contributed by atoms with van der Waals surface area (Å²) in [5.41, 5.74) is 4.52. The Kier molecular flexibility index (Phi) is 13.4. The number of amides is 1. The Morgan fingerprint density at radius 3 is 1.91 bits per heavy atom. The van der Waals surface area contributed by atoms with E-state index in [4.69, 9.17) is 13.9 Å². The molecule has 288 valence electrons. The number of hydrogen-bond donors (Lipinski definition) is 2. The lowest BCUT2D eigenvalue weighted by molar-refractivity contribution is -0.224. The minimum absolute atomic E-state index is 0.0510. The molecule has 53 heavy (non-hydrogen) atoms. The fraction of sp³-hybridized carbons (Fsp3) is 0.488. The maximum Gasteiger partial charge on any atom is 0.414 e. The minimum atomic E-state index is -4.94. The van der Waals surface area contributed by atoms with E-state index in [1.807, 2.05) is 82.4 Å². The number of ketones is 1. The highest BCUT2D eigenvalue weighted by Gasteiger charge is 2.46. The quantitative estimate of drug-likeness (QED) is 0.112. The van der Waals surface area contributed by atoms with Crippen molar-refractivity contribution in [3.8, 4) is 16.9 Å². The molecule has 4 rings (SSSR count). The average Bonchev–Trinajstić information content (AvgIpc) is 3.42. The number of esters is 1. The Labute approximate surface area is 311 Å². The molecule has 0 unspecified atom stereocenters. The van der Waals surface area contributed by atoms with Crippen molar-refractivity contribution in [3.63, 3.8) is 0 Å². The standard InChI is InChI=1S/C41H52F3NO7Si/c1-25(2)33(38(48)41(42,43)44)22-35(46)37(26-17-19-28(50-6)20-18-26)45-39(49)27(23-52-53(7,8)40(3,4)5)21-36(47)51-24-34-31-15-11-9-13-29(31)30-14-10-12-16-32(30)34/h9-20,25,27,33-34,37-38,48H,21-24H2,1-8H3,(H,45,49)/t27-,33-,37-,38-/m0/s1. The Bertz CT molecular complexity index is 1690. The normalized spacial score (nSPS) is 15.6. The molecule has 3 aromatic rings. The number of Topliss-reactive ketones (excluding diaryl/α,β-unsaturated/α-hetero) is 1. The third-order valence-corrected chi connectivity index (χ3v) is 15.2. The monoisotopic (exact) mass is 755 g/mol. The van der Waals surface area contributed by atoms with Gasteiger partial charge in [-0.3, -0.25) is 14.4 Å². The zero-order valence-electron chi connectivity index (χ0n) is 31.8. The van der Waals surface area contributed by atoms with Gasteiger partial charge >= 0.3 is 12.1 Å². The molecule has 0 spiro atoms. The second kappa shape index (κ2) is 17.0. The molecular weight excluding hydrogens is 704 g/mol. The SMILES string of the molecule is COc1ccc([C@H](NC(=O)[C@H](CO[Si](C)(C)C(C)(C)C)CC(=O)OCC2c3ccccc3-c3ccccc32)C(=O)C[C@@H](C(C)C)[C@H](O)C(F)(F)F)cc1. The molecule has 0 fully saturated rings. The maximum atomic E-state index is 14.2. The van der Waals surface area contributed by atoms with Crippen LogP contribution in [0.2, 0.25) is 18.1 Å². The summed E-state index contributed by atoms with van der Waals surface area (Å²) in [6.45, 7) is 13.0. The van der Waals surface area contributed by atoms with Crippen LogP contribution in [0.15, 0.2) is 72.8 Å². The molecule has 1 aliphatic carbocycles. The Morgan fingerprint density at radius 2 is 1.42 bits per heavy atom. The zero-order valence-corrected chi connectivity index (χ0v) is 32.8. The number of methoxy groups -OCH3 is 1. The van der Waals surface area contributed by atoms with Crippen LogP contribution in [0.5, 0.6) is 5.75 Å². The summed E-state index contributed by atoms with van der Waals surface area (Å²) in [5.74, 6) is -5.03. The van der Waals surface area contributed by atoms with Crippen LogP contribution < -0.4 is 10.1 Å². The number of aliphatic hydroxyl groups excluding tert-OH is 1. The number of fused-ring (bicyclic) bond motifs is 3. The van der Waals surface area contributed by atoms with E-state index in [1.54, 1.807) is 24.3 Å². The van der Waals surface area contributed by atoms with Gasteiger partial charge in [-0.05, 0) is 64.0 Å². The first kappa shape index (κ1) is 41.7. The van der Waals surface area contributed by atoms with E-state index in [9.17, 15) is 32.7 Å². The van der Waals surface area contributed by atoms with Crippen LogP contribution in [0.25, 0.3) is 11.1 Å². The molecule has 8 nitrogen and oxygen atoms in total. The number of carbonyl (C=O) groups excluding carboxylic acids is 3. The summed E-state index contributed by atoms with van der Waals surface area (Å²) >= 11 is 0. The summed E-state index contributed by atoms with van der Waals surface area (Å²) in [7, 11) is -0.972. The first-order valence-electron chi connectivity index (χ1n) is 17.9. The second-order valence-corrected chi connectivity index (χ2v) is 20.5. The summed E-state index contributed by atoms with van der Waals surface area (Å²) < 4.78 is 58.4. The van der Waals surface area contributed by atoms with Gasteiger partial charge in [0.05, 0.1) is 19.4 Å². The number of rotatable bonds is 16.